The lowest BCUT2D eigenvalue weighted by molar-refractivity contribution is -0.137. The van der Waals surface area contributed by atoms with Crippen LogP contribution in [0.2, 0.25) is 0 Å². The van der Waals surface area contributed by atoms with Crippen LogP contribution in [-0.4, -0.2) is 37.5 Å². The molecule has 0 unspecified atom stereocenters. The third-order valence-corrected chi connectivity index (χ3v) is 5.56. The number of hydrogen-bond donors (Lipinski definition) is 1. The van der Waals surface area contributed by atoms with Crippen LogP contribution in [0.3, 0.4) is 0 Å². The molecule has 9 heteroatoms. The molecule has 1 aliphatic carbocycles. The largest absolute Gasteiger partial charge is 0.418 e. The molecule has 0 heterocycles. The van der Waals surface area contributed by atoms with Crippen molar-refractivity contribution in [3.63, 3.8) is 0 Å². The second-order valence-electron chi connectivity index (χ2n) is 6.15. The Labute approximate surface area is 145 Å². The van der Waals surface area contributed by atoms with Crippen molar-refractivity contribution >= 4 is 21.6 Å². The van der Waals surface area contributed by atoms with Crippen LogP contribution in [0.1, 0.15) is 37.7 Å². The molecule has 140 valence electrons. The highest BCUT2D eigenvalue weighted by Gasteiger charge is 2.34. The standard InChI is InChI=1S/C16H21F3N2O3S/c1-25(23,24)21(12-6-2-3-7-12)11-10-15(22)20-14-9-5-4-8-13(14)16(17,18)19/h4-5,8-9,12H,2-3,6-7,10-11H2,1H3,(H,20,22). The van der Waals surface area contributed by atoms with Crippen LogP contribution in [0.4, 0.5) is 18.9 Å². The summed E-state index contributed by atoms with van der Waals surface area (Å²) in [6, 6.07) is 4.56. The van der Waals surface area contributed by atoms with Gasteiger partial charge in [0.1, 0.15) is 0 Å². The average molecular weight is 378 g/mol. The van der Waals surface area contributed by atoms with Crippen molar-refractivity contribution in [3.05, 3.63) is 29.8 Å². The first-order valence-corrected chi connectivity index (χ1v) is 9.87. The minimum absolute atomic E-state index is 0.0382. The topological polar surface area (TPSA) is 66.5 Å². The van der Waals surface area contributed by atoms with Gasteiger partial charge in [0.15, 0.2) is 0 Å². The molecule has 1 N–H and O–H groups in total. The number of amides is 1. The van der Waals surface area contributed by atoms with Crippen molar-refractivity contribution < 1.29 is 26.4 Å². The Morgan fingerprint density at radius 3 is 2.40 bits per heavy atom. The molecule has 0 aliphatic heterocycles. The van der Waals surface area contributed by atoms with E-state index in [2.05, 4.69) is 5.32 Å². The first-order valence-electron chi connectivity index (χ1n) is 8.02. The molecule has 5 nitrogen and oxygen atoms in total. The van der Waals surface area contributed by atoms with Crippen molar-refractivity contribution in [1.82, 2.24) is 4.31 Å². The number of rotatable bonds is 6. The molecule has 0 radical (unpaired) electrons. The monoisotopic (exact) mass is 378 g/mol. The molecule has 1 saturated carbocycles. The van der Waals surface area contributed by atoms with Gasteiger partial charge in [-0.1, -0.05) is 25.0 Å². The van der Waals surface area contributed by atoms with E-state index in [4.69, 9.17) is 0 Å². The van der Waals surface area contributed by atoms with E-state index < -0.39 is 27.7 Å². The molecule has 0 spiro atoms. The molecule has 0 bridgehead atoms. The quantitative estimate of drug-likeness (QED) is 0.826. The summed E-state index contributed by atoms with van der Waals surface area (Å²) in [6.45, 7) is -0.0382. The van der Waals surface area contributed by atoms with Crippen molar-refractivity contribution in [2.45, 2.75) is 44.3 Å². The number of benzene rings is 1. The van der Waals surface area contributed by atoms with Gasteiger partial charge in [-0.05, 0) is 25.0 Å². The normalized spacial score (nSPS) is 16.4. The van der Waals surface area contributed by atoms with Gasteiger partial charge in [-0.25, -0.2) is 8.42 Å². The number of nitrogens with one attached hydrogen (secondary N) is 1. The SMILES string of the molecule is CS(=O)(=O)N(CCC(=O)Nc1ccccc1C(F)(F)F)C1CCCC1. The number of nitrogens with zero attached hydrogens (tertiary/aromatic N) is 1. The summed E-state index contributed by atoms with van der Waals surface area (Å²) >= 11 is 0. The van der Waals surface area contributed by atoms with Crippen LogP contribution < -0.4 is 5.32 Å². The van der Waals surface area contributed by atoms with Crippen molar-refractivity contribution in [3.8, 4) is 0 Å². The van der Waals surface area contributed by atoms with Crippen LogP contribution in [0, 0.1) is 0 Å². The van der Waals surface area contributed by atoms with Gasteiger partial charge >= 0.3 is 6.18 Å². The lowest BCUT2D eigenvalue weighted by Crippen LogP contribution is -2.40. The summed E-state index contributed by atoms with van der Waals surface area (Å²) < 4.78 is 63.9. The Kier molecular flexibility index (Phi) is 6.10. The van der Waals surface area contributed by atoms with E-state index in [1.807, 2.05) is 0 Å². The van der Waals surface area contributed by atoms with Gasteiger partial charge < -0.3 is 5.32 Å². The maximum Gasteiger partial charge on any atom is 0.418 e. The number of alkyl halides is 3. The third-order valence-electron chi connectivity index (χ3n) is 4.22. The van der Waals surface area contributed by atoms with Gasteiger partial charge in [-0.3, -0.25) is 4.79 Å². The van der Waals surface area contributed by atoms with E-state index in [0.29, 0.717) is 0 Å². The molecule has 1 aromatic carbocycles. The van der Waals surface area contributed by atoms with Crippen LogP contribution in [0.5, 0.6) is 0 Å². The van der Waals surface area contributed by atoms with E-state index in [9.17, 15) is 26.4 Å². The fraction of sp³-hybridized carbons (Fsp3) is 0.562. The smallest absolute Gasteiger partial charge is 0.325 e. The highest BCUT2D eigenvalue weighted by molar-refractivity contribution is 7.88. The number of carbonyl (C=O) groups is 1. The van der Waals surface area contributed by atoms with Gasteiger partial charge in [-0.2, -0.15) is 17.5 Å². The molecular weight excluding hydrogens is 357 g/mol. The summed E-state index contributed by atoms with van der Waals surface area (Å²) in [4.78, 5) is 12.0. The zero-order valence-electron chi connectivity index (χ0n) is 13.8. The van der Waals surface area contributed by atoms with Gasteiger partial charge in [-0.15, -0.1) is 0 Å². The molecule has 1 aliphatic rings. The van der Waals surface area contributed by atoms with E-state index in [1.165, 1.54) is 22.5 Å². The number of anilines is 1. The lowest BCUT2D eigenvalue weighted by Gasteiger charge is -2.26. The predicted molar refractivity (Wildman–Crippen MR) is 88.5 cm³/mol. The Morgan fingerprint density at radius 1 is 1.24 bits per heavy atom. The first-order chi connectivity index (χ1) is 11.6. The van der Waals surface area contributed by atoms with Gasteiger partial charge in [0, 0.05) is 19.0 Å². The number of carbonyl (C=O) groups excluding carboxylic acids is 1. The van der Waals surface area contributed by atoms with Gasteiger partial charge in [0.2, 0.25) is 15.9 Å². The molecular formula is C16H21F3N2O3S. The highest BCUT2D eigenvalue weighted by Crippen LogP contribution is 2.34. The molecule has 25 heavy (non-hydrogen) atoms. The Hall–Kier alpha value is -1.61. The van der Waals surface area contributed by atoms with E-state index in [1.54, 1.807) is 0 Å². The van der Waals surface area contributed by atoms with Crippen LogP contribution in [0.15, 0.2) is 24.3 Å². The summed E-state index contributed by atoms with van der Waals surface area (Å²) in [5.41, 5.74) is -1.26. The third kappa shape index (κ3) is 5.43. The van der Waals surface area contributed by atoms with Crippen LogP contribution in [0.25, 0.3) is 0 Å². The summed E-state index contributed by atoms with van der Waals surface area (Å²) in [7, 11) is -3.47. The molecule has 1 aromatic rings. The summed E-state index contributed by atoms with van der Waals surface area (Å²) in [5.74, 6) is -0.650. The molecule has 0 aromatic heterocycles. The van der Waals surface area contributed by atoms with Crippen molar-refractivity contribution in [1.29, 1.82) is 0 Å². The maximum atomic E-state index is 12.9. The van der Waals surface area contributed by atoms with E-state index in [0.717, 1.165) is 38.0 Å². The van der Waals surface area contributed by atoms with Crippen molar-refractivity contribution in [2.75, 3.05) is 18.1 Å². The summed E-state index contributed by atoms with van der Waals surface area (Å²) in [5, 5.41) is 2.23. The summed E-state index contributed by atoms with van der Waals surface area (Å²) in [6.07, 6.45) is -0.342. The zero-order chi connectivity index (χ0) is 18.7. The Balaban J connectivity index is 2.03. The number of sulfonamides is 1. The van der Waals surface area contributed by atoms with E-state index >= 15 is 0 Å². The fourth-order valence-corrected chi connectivity index (χ4v) is 4.25. The second kappa shape index (κ2) is 7.74. The second-order valence-corrected chi connectivity index (χ2v) is 8.09. The molecule has 2 rings (SSSR count). The highest BCUT2D eigenvalue weighted by atomic mass is 32.2. The molecule has 1 amide bonds. The Morgan fingerprint density at radius 2 is 1.84 bits per heavy atom. The lowest BCUT2D eigenvalue weighted by atomic mass is 10.1. The molecule has 1 fully saturated rings. The zero-order valence-corrected chi connectivity index (χ0v) is 14.7. The average Bonchev–Trinajstić information content (AvgIpc) is 2.99. The molecule has 0 atom stereocenters. The first kappa shape index (κ1) is 19.7. The minimum atomic E-state index is -4.58. The molecule has 0 saturated heterocycles. The predicted octanol–water partition coefficient (Wildman–Crippen LogP) is 3.24. The van der Waals surface area contributed by atoms with Gasteiger partial charge in [0.25, 0.3) is 0 Å². The Bertz CT molecular complexity index is 714. The van der Waals surface area contributed by atoms with E-state index in [-0.39, 0.29) is 24.7 Å². The maximum absolute atomic E-state index is 12.9. The fourth-order valence-electron chi connectivity index (χ4n) is 3.08. The van der Waals surface area contributed by atoms with Crippen molar-refractivity contribution in [2.24, 2.45) is 0 Å². The minimum Gasteiger partial charge on any atom is -0.325 e. The number of halogens is 3. The van der Waals surface area contributed by atoms with Crippen LogP contribution in [-0.2, 0) is 21.0 Å². The van der Waals surface area contributed by atoms with Gasteiger partial charge in [0.05, 0.1) is 17.5 Å². The number of para-hydroxylation sites is 1. The van der Waals surface area contributed by atoms with Crippen LogP contribution >= 0.6 is 0 Å². The number of hydrogen-bond acceptors (Lipinski definition) is 3.